The van der Waals surface area contributed by atoms with Gasteiger partial charge in [0.2, 0.25) is 0 Å². The molecule has 1 heterocycles. The van der Waals surface area contributed by atoms with Crippen LogP contribution in [-0.4, -0.2) is 17.0 Å². The molecule has 0 atom stereocenters. The molecule has 0 fully saturated rings. The summed E-state index contributed by atoms with van der Waals surface area (Å²) in [5, 5.41) is 3.03. The second kappa shape index (κ2) is 12.0. The van der Waals surface area contributed by atoms with Crippen LogP contribution in [0.5, 0.6) is 0 Å². The molecule has 0 saturated heterocycles. The van der Waals surface area contributed by atoms with Gasteiger partial charge in [-0.3, -0.25) is 0 Å². The fourth-order valence-corrected chi connectivity index (χ4v) is 0.777. The van der Waals surface area contributed by atoms with E-state index in [-0.39, 0.29) is 0 Å². The summed E-state index contributed by atoms with van der Waals surface area (Å²) in [5.41, 5.74) is 2.20. The van der Waals surface area contributed by atoms with Gasteiger partial charge in [-0.1, -0.05) is 27.7 Å². The normalized spacial score (nSPS) is 7.86. The molecule has 14 heavy (non-hydrogen) atoms. The van der Waals surface area contributed by atoms with E-state index in [0.717, 1.165) is 17.8 Å². The summed E-state index contributed by atoms with van der Waals surface area (Å²) in [6, 6.07) is 0. The Balaban J connectivity index is 0. The van der Waals surface area contributed by atoms with Crippen molar-refractivity contribution in [1.29, 1.82) is 0 Å². The van der Waals surface area contributed by atoms with Gasteiger partial charge in [-0.2, -0.15) is 0 Å². The molecular formula is C11H23N3. The zero-order chi connectivity index (χ0) is 11.4. The molecule has 0 radical (unpaired) electrons. The van der Waals surface area contributed by atoms with Gasteiger partial charge in [-0.25, -0.2) is 9.97 Å². The molecule has 1 N–H and O–H groups in total. The molecule has 0 saturated carbocycles. The van der Waals surface area contributed by atoms with Crippen molar-refractivity contribution < 1.29 is 0 Å². The van der Waals surface area contributed by atoms with Gasteiger partial charge in [0, 0.05) is 12.7 Å². The lowest BCUT2D eigenvalue weighted by molar-refractivity contribution is 0.777. The highest BCUT2D eigenvalue weighted by Gasteiger charge is 1.94. The fraction of sp³-hybridized carbons (Fsp3) is 0.636. The average molecular weight is 197 g/mol. The van der Waals surface area contributed by atoms with Gasteiger partial charge >= 0.3 is 0 Å². The third-order valence-electron chi connectivity index (χ3n) is 1.35. The molecule has 0 spiro atoms. The number of hydrogen-bond donors (Lipinski definition) is 1. The van der Waals surface area contributed by atoms with Crippen LogP contribution >= 0.6 is 0 Å². The van der Waals surface area contributed by atoms with Gasteiger partial charge in [0.25, 0.3) is 0 Å². The monoisotopic (exact) mass is 197 g/mol. The number of aryl methyl sites for hydroxylation is 1. The molecule has 0 aliphatic carbocycles. The smallest absolute Gasteiger partial charge is 0.115 e. The van der Waals surface area contributed by atoms with Crippen LogP contribution in [0.15, 0.2) is 12.5 Å². The second-order valence-corrected chi connectivity index (χ2v) is 2.18. The van der Waals surface area contributed by atoms with E-state index in [2.05, 4.69) is 15.3 Å². The number of nitrogens with one attached hydrogen (secondary N) is 1. The van der Waals surface area contributed by atoms with E-state index >= 15 is 0 Å². The Bertz CT molecular complexity index is 211. The van der Waals surface area contributed by atoms with Gasteiger partial charge < -0.3 is 5.32 Å². The van der Waals surface area contributed by atoms with Crippen LogP contribution in [0.3, 0.4) is 0 Å². The Kier molecular flexibility index (Phi) is 13.3. The molecule has 3 nitrogen and oxygen atoms in total. The highest BCUT2D eigenvalue weighted by atomic mass is 14.9. The molecule has 0 aliphatic heterocycles. The minimum absolute atomic E-state index is 0.814. The number of hydrogen-bond acceptors (Lipinski definition) is 3. The maximum absolute atomic E-state index is 4.09. The quantitative estimate of drug-likeness (QED) is 0.791. The lowest BCUT2D eigenvalue weighted by Gasteiger charge is -2.00. The maximum Gasteiger partial charge on any atom is 0.115 e. The summed E-state index contributed by atoms with van der Waals surface area (Å²) >= 11 is 0. The molecule has 82 valence electrons. The van der Waals surface area contributed by atoms with Gasteiger partial charge in [0.15, 0.2) is 0 Å². The molecule has 0 bridgehead atoms. The van der Waals surface area contributed by atoms with Gasteiger partial charge in [0.1, 0.15) is 6.33 Å². The lowest BCUT2D eigenvalue weighted by Crippen LogP contribution is -2.08. The highest BCUT2D eigenvalue weighted by Crippen LogP contribution is 1.98. The van der Waals surface area contributed by atoms with Crippen LogP contribution in [0.4, 0.5) is 0 Å². The average Bonchev–Trinajstić information content (AvgIpc) is 2.28. The van der Waals surface area contributed by atoms with E-state index in [1.54, 1.807) is 6.33 Å². The molecule has 1 aromatic rings. The standard InChI is InChI=1S/C7H11N3.2C2H6/c1-6-3-9-5-10-7(6)4-8-2;2*1-2/h3,5,8H,4H2,1-2H3;2*1-2H3. The van der Waals surface area contributed by atoms with Gasteiger partial charge in [-0.05, 0) is 19.5 Å². The Labute approximate surface area is 88.0 Å². The molecule has 0 amide bonds. The second-order valence-electron chi connectivity index (χ2n) is 2.18. The van der Waals surface area contributed by atoms with Crippen LogP contribution in [0.25, 0.3) is 0 Å². The molecule has 3 heteroatoms. The highest BCUT2D eigenvalue weighted by molar-refractivity contribution is 5.12. The van der Waals surface area contributed by atoms with Crippen molar-refractivity contribution in [3.63, 3.8) is 0 Å². The fourth-order valence-electron chi connectivity index (χ4n) is 0.777. The Hall–Kier alpha value is -0.960. The SMILES string of the molecule is CC.CC.CNCc1ncncc1C. The van der Waals surface area contributed by atoms with E-state index in [9.17, 15) is 0 Å². The van der Waals surface area contributed by atoms with E-state index in [1.165, 1.54) is 0 Å². The molecule has 1 aromatic heterocycles. The Morgan fingerprint density at radius 1 is 1.21 bits per heavy atom. The predicted molar refractivity (Wildman–Crippen MR) is 62.2 cm³/mol. The third-order valence-corrected chi connectivity index (χ3v) is 1.35. The molecular weight excluding hydrogens is 174 g/mol. The number of aromatic nitrogens is 2. The van der Waals surface area contributed by atoms with Crippen LogP contribution in [-0.2, 0) is 6.54 Å². The third kappa shape index (κ3) is 6.54. The first kappa shape index (κ1) is 15.5. The van der Waals surface area contributed by atoms with E-state index in [1.807, 2.05) is 47.9 Å². The van der Waals surface area contributed by atoms with Crippen molar-refractivity contribution in [2.24, 2.45) is 0 Å². The molecule has 1 rings (SSSR count). The molecule has 0 aliphatic rings. The lowest BCUT2D eigenvalue weighted by atomic mass is 10.2. The van der Waals surface area contributed by atoms with Crippen molar-refractivity contribution in [2.75, 3.05) is 7.05 Å². The first-order chi connectivity index (χ1) is 6.84. The molecule has 0 unspecified atom stereocenters. The van der Waals surface area contributed by atoms with Crippen LogP contribution in [0.2, 0.25) is 0 Å². The van der Waals surface area contributed by atoms with E-state index in [0.29, 0.717) is 0 Å². The summed E-state index contributed by atoms with van der Waals surface area (Å²) in [6.07, 6.45) is 3.39. The van der Waals surface area contributed by atoms with E-state index in [4.69, 9.17) is 0 Å². The van der Waals surface area contributed by atoms with Gasteiger partial charge in [0.05, 0.1) is 5.69 Å². The minimum atomic E-state index is 0.814. The summed E-state index contributed by atoms with van der Waals surface area (Å²) in [5.74, 6) is 0. The van der Waals surface area contributed by atoms with E-state index < -0.39 is 0 Å². The maximum atomic E-state index is 4.09. The van der Waals surface area contributed by atoms with Gasteiger partial charge in [-0.15, -0.1) is 0 Å². The molecule has 0 aromatic carbocycles. The van der Waals surface area contributed by atoms with Crippen LogP contribution < -0.4 is 5.32 Å². The Morgan fingerprint density at radius 3 is 2.21 bits per heavy atom. The summed E-state index contributed by atoms with van der Waals surface area (Å²) in [7, 11) is 1.90. The summed E-state index contributed by atoms with van der Waals surface area (Å²) in [6.45, 7) is 10.8. The van der Waals surface area contributed by atoms with Crippen molar-refractivity contribution in [1.82, 2.24) is 15.3 Å². The Morgan fingerprint density at radius 2 is 1.79 bits per heavy atom. The van der Waals surface area contributed by atoms with Crippen LogP contribution in [0, 0.1) is 6.92 Å². The van der Waals surface area contributed by atoms with Crippen LogP contribution in [0.1, 0.15) is 39.0 Å². The first-order valence-corrected chi connectivity index (χ1v) is 5.24. The number of nitrogens with zero attached hydrogens (tertiary/aromatic N) is 2. The zero-order valence-electron chi connectivity index (χ0n) is 10.3. The largest absolute Gasteiger partial charge is 0.314 e. The summed E-state index contributed by atoms with van der Waals surface area (Å²) < 4.78 is 0. The first-order valence-electron chi connectivity index (χ1n) is 5.24. The topological polar surface area (TPSA) is 37.8 Å². The summed E-state index contributed by atoms with van der Waals surface area (Å²) in [4.78, 5) is 7.98. The predicted octanol–water partition coefficient (Wildman–Crippen LogP) is 2.56. The van der Waals surface area contributed by atoms with Crippen molar-refractivity contribution in [3.05, 3.63) is 23.8 Å². The van der Waals surface area contributed by atoms with Crippen molar-refractivity contribution >= 4 is 0 Å². The minimum Gasteiger partial charge on any atom is -0.314 e. The zero-order valence-corrected chi connectivity index (χ0v) is 10.3. The number of rotatable bonds is 2. The van der Waals surface area contributed by atoms with Crippen molar-refractivity contribution in [2.45, 2.75) is 41.2 Å². The van der Waals surface area contributed by atoms with Crippen molar-refractivity contribution in [3.8, 4) is 0 Å².